The van der Waals surface area contributed by atoms with Crippen LogP contribution in [0.4, 0.5) is 4.39 Å². The number of nitrogens with zero attached hydrogens (tertiary/aromatic N) is 1. The van der Waals surface area contributed by atoms with Gasteiger partial charge in [0.25, 0.3) is 0 Å². The third kappa shape index (κ3) is 3.09. The molecule has 0 atom stereocenters. The lowest BCUT2D eigenvalue weighted by Gasteiger charge is -2.07. The first kappa shape index (κ1) is 15.1. The third-order valence-electron chi connectivity index (χ3n) is 2.77. The van der Waals surface area contributed by atoms with Gasteiger partial charge >= 0.3 is 5.97 Å². The van der Waals surface area contributed by atoms with E-state index < -0.39 is 32.4 Å². The lowest BCUT2D eigenvalue weighted by Crippen LogP contribution is -2.25. The number of nitrogens with one attached hydrogen (secondary N) is 2. The average Bonchev–Trinajstić information content (AvgIpc) is 2.81. The lowest BCUT2D eigenvalue weighted by molar-refractivity contribution is 0.0686. The first-order chi connectivity index (χ1) is 9.83. The minimum atomic E-state index is -4.13. The van der Waals surface area contributed by atoms with Gasteiger partial charge in [0.2, 0.25) is 10.0 Å². The molecule has 112 valence electrons. The number of sulfonamides is 1. The minimum absolute atomic E-state index is 0.0911. The van der Waals surface area contributed by atoms with Crippen LogP contribution >= 0.6 is 0 Å². The van der Waals surface area contributed by atoms with Crippen molar-refractivity contribution >= 4 is 16.0 Å². The molecule has 0 bridgehead atoms. The molecule has 1 aromatic heterocycles. The maximum absolute atomic E-state index is 13.4. The summed E-state index contributed by atoms with van der Waals surface area (Å²) in [6.07, 6.45) is 0. The molecule has 0 saturated heterocycles. The van der Waals surface area contributed by atoms with E-state index in [1.807, 2.05) is 0 Å². The molecule has 2 aromatic rings. The van der Waals surface area contributed by atoms with Crippen molar-refractivity contribution < 1.29 is 22.7 Å². The van der Waals surface area contributed by atoms with Crippen LogP contribution in [-0.2, 0) is 16.6 Å². The normalized spacial score (nSPS) is 11.5. The van der Waals surface area contributed by atoms with Gasteiger partial charge in [0.05, 0.1) is 5.69 Å². The number of aryl methyl sites for hydroxylation is 1. The van der Waals surface area contributed by atoms with Crippen LogP contribution in [0.25, 0.3) is 0 Å². The van der Waals surface area contributed by atoms with Crippen molar-refractivity contribution in [3.63, 3.8) is 0 Å². The zero-order valence-corrected chi connectivity index (χ0v) is 11.7. The van der Waals surface area contributed by atoms with Gasteiger partial charge in [-0.3, -0.25) is 5.10 Å². The molecule has 7 nitrogen and oxygen atoms in total. The number of H-pyrrole nitrogens is 1. The Hall–Kier alpha value is -2.26. The van der Waals surface area contributed by atoms with Crippen LogP contribution in [0.1, 0.15) is 21.7 Å². The molecule has 0 aliphatic rings. The molecule has 0 unspecified atom stereocenters. The van der Waals surface area contributed by atoms with Crippen molar-refractivity contribution in [2.75, 3.05) is 0 Å². The van der Waals surface area contributed by atoms with Crippen molar-refractivity contribution in [1.29, 1.82) is 0 Å². The maximum Gasteiger partial charge on any atom is 0.357 e. The summed E-state index contributed by atoms with van der Waals surface area (Å²) in [6, 6.07) is 5.68. The monoisotopic (exact) mass is 313 g/mol. The van der Waals surface area contributed by atoms with Gasteiger partial charge in [-0.15, -0.1) is 0 Å². The highest BCUT2D eigenvalue weighted by Crippen LogP contribution is 2.18. The predicted molar refractivity (Wildman–Crippen MR) is 70.7 cm³/mol. The second-order valence-corrected chi connectivity index (χ2v) is 5.95. The second-order valence-electron chi connectivity index (χ2n) is 4.25. The van der Waals surface area contributed by atoms with Crippen LogP contribution in [-0.4, -0.2) is 29.7 Å². The number of carboxylic acids is 1. The number of hydrogen-bond donors (Lipinski definition) is 3. The van der Waals surface area contributed by atoms with Gasteiger partial charge < -0.3 is 5.11 Å². The quantitative estimate of drug-likeness (QED) is 0.763. The van der Waals surface area contributed by atoms with Gasteiger partial charge in [-0.05, 0) is 13.0 Å². The van der Waals surface area contributed by atoms with E-state index in [4.69, 9.17) is 5.11 Å². The second kappa shape index (κ2) is 5.62. The fourth-order valence-corrected chi connectivity index (χ4v) is 3.11. The van der Waals surface area contributed by atoms with E-state index in [0.29, 0.717) is 0 Å². The average molecular weight is 313 g/mol. The first-order valence-electron chi connectivity index (χ1n) is 5.84. The van der Waals surface area contributed by atoms with Gasteiger partial charge in [-0.2, -0.15) is 5.10 Å². The topological polar surface area (TPSA) is 112 Å². The van der Waals surface area contributed by atoms with Crippen LogP contribution in [0.3, 0.4) is 0 Å². The van der Waals surface area contributed by atoms with Crippen LogP contribution in [0.2, 0.25) is 0 Å². The summed E-state index contributed by atoms with van der Waals surface area (Å²) in [5, 5.41) is 14.7. The Bertz CT molecular complexity index is 786. The Labute approximate surface area is 119 Å². The highest BCUT2D eigenvalue weighted by atomic mass is 32.2. The molecule has 0 spiro atoms. The first-order valence-corrected chi connectivity index (χ1v) is 7.32. The Morgan fingerprint density at radius 2 is 2.10 bits per heavy atom. The molecular weight excluding hydrogens is 301 g/mol. The minimum Gasteiger partial charge on any atom is -0.476 e. The van der Waals surface area contributed by atoms with Crippen LogP contribution in [0.15, 0.2) is 29.2 Å². The Morgan fingerprint density at radius 1 is 1.43 bits per heavy atom. The number of benzene rings is 1. The molecule has 1 heterocycles. The van der Waals surface area contributed by atoms with E-state index >= 15 is 0 Å². The molecule has 0 aliphatic carbocycles. The molecule has 0 saturated carbocycles. The number of aromatic amines is 1. The molecular formula is C12H12FN3O4S. The lowest BCUT2D eigenvalue weighted by atomic mass is 10.2. The molecule has 0 fully saturated rings. The summed E-state index contributed by atoms with van der Waals surface area (Å²) >= 11 is 0. The SMILES string of the molecule is Cc1[nH]nc(C(=O)O)c1S(=O)(=O)NCc1ccccc1F. The predicted octanol–water partition coefficient (Wildman–Crippen LogP) is 1.03. The summed E-state index contributed by atoms with van der Waals surface area (Å²) in [7, 11) is -4.13. The Kier molecular flexibility index (Phi) is 4.05. The number of aromatic carboxylic acids is 1. The number of carbonyl (C=O) groups is 1. The third-order valence-corrected chi connectivity index (χ3v) is 4.33. The summed E-state index contributed by atoms with van der Waals surface area (Å²) in [5.41, 5.74) is -0.360. The number of hydrogen-bond acceptors (Lipinski definition) is 4. The van der Waals surface area contributed by atoms with Crippen molar-refractivity contribution in [3.8, 4) is 0 Å². The molecule has 0 radical (unpaired) electrons. The van der Waals surface area contributed by atoms with Gasteiger partial charge in [-0.25, -0.2) is 22.3 Å². The smallest absolute Gasteiger partial charge is 0.357 e. The standard InChI is InChI=1S/C12H12FN3O4S/c1-7-11(10(12(17)18)16-15-7)21(19,20)14-6-8-4-2-3-5-9(8)13/h2-5,14H,6H2,1H3,(H,15,16)(H,17,18). The van der Waals surface area contributed by atoms with Crippen LogP contribution in [0.5, 0.6) is 0 Å². The van der Waals surface area contributed by atoms with E-state index in [0.717, 1.165) is 0 Å². The number of rotatable bonds is 5. The Balaban J connectivity index is 2.30. The summed E-state index contributed by atoms with van der Waals surface area (Å²) < 4.78 is 39.9. The van der Waals surface area contributed by atoms with E-state index in [1.54, 1.807) is 6.07 Å². The van der Waals surface area contributed by atoms with E-state index in [-0.39, 0.29) is 17.8 Å². The fraction of sp³-hybridized carbons (Fsp3) is 0.167. The van der Waals surface area contributed by atoms with E-state index in [9.17, 15) is 17.6 Å². The van der Waals surface area contributed by atoms with Gasteiger partial charge in [-0.1, -0.05) is 18.2 Å². The number of halogens is 1. The highest BCUT2D eigenvalue weighted by Gasteiger charge is 2.28. The van der Waals surface area contributed by atoms with Gasteiger partial charge in [0.15, 0.2) is 5.69 Å². The summed E-state index contributed by atoms with van der Waals surface area (Å²) in [4.78, 5) is 10.5. The van der Waals surface area contributed by atoms with Crippen LogP contribution in [0, 0.1) is 12.7 Å². The molecule has 9 heteroatoms. The van der Waals surface area contributed by atoms with Crippen molar-refractivity contribution in [2.24, 2.45) is 0 Å². The zero-order chi connectivity index (χ0) is 15.6. The van der Waals surface area contributed by atoms with Crippen molar-refractivity contribution in [1.82, 2.24) is 14.9 Å². The van der Waals surface area contributed by atoms with Crippen molar-refractivity contribution in [3.05, 3.63) is 47.0 Å². The molecule has 2 rings (SSSR count). The van der Waals surface area contributed by atoms with E-state index in [1.165, 1.54) is 25.1 Å². The number of aromatic nitrogens is 2. The zero-order valence-electron chi connectivity index (χ0n) is 10.9. The molecule has 0 amide bonds. The highest BCUT2D eigenvalue weighted by molar-refractivity contribution is 7.89. The molecule has 1 aromatic carbocycles. The maximum atomic E-state index is 13.4. The van der Waals surface area contributed by atoms with Crippen LogP contribution < -0.4 is 4.72 Å². The molecule has 3 N–H and O–H groups in total. The largest absolute Gasteiger partial charge is 0.476 e. The van der Waals surface area contributed by atoms with Crippen molar-refractivity contribution in [2.45, 2.75) is 18.4 Å². The fourth-order valence-electron chi connectivity index (χ4n) is 1.78. The summed E-state index contributed by atoms with van der Waals surface area (Å²) in [6.45, 7) is 1.09. The Morgan fingerprint density at radius 3 is 2.71 bits per heavy atom. The molecule has 0 aliphatic heterocycles. The van der Waals surface area contributed by atoms with E-state index in [2.05, 4.69) is 14.9 Å². The van der Waals surface area contributed by atoms with Gasteiger partial charge in [0, 0.05) is 12.1 Å². The molecule has 21 heavy (non-hydrogen) atoms. The van der Waals surface area contributed by atoms with Gasteiger partial charge in [0.1, 0.15) is 10.7 Å². The summed E-state index contributed by atoms with van der Waals surface area (Å²) in [5.74, 6) is -2.02. The number of carboxylic acid groups (broad SMARTS) is 1.